The van der Waals surface area contributed by atoms with Crippen molar-refractivity contribution < 1.29 is 48.2 Å². The highest BCUT2D eigenvalue weighted by atomic mass is 16.5. The van der Waals surface area contributed by atoms with Crippen molar-refractivity contribution in [2.24, 2.45) is 0 Å². The maximum Gasteiger partial charge on any atom is 0.153 e. The summed E-state index contributed by atoms with van der Waals surface area (Å²) >= 11 is 0. The molecule has 0 radical (unpaired) electrons. The maximum absolute atomic E-state index is 11.5. The molecule has 0 aliphatic carbocycles. The van der Waals surface area contributed by atoms with E-state index >= 15 is 0 Å². The van der Waals surface area contributed by atoms with Gasteiger partial charge in [0, 0.05) is 38.3 Å². The Morgan fingerprint density at radius 1 is 0.525 bits per heavy atom. The first-order valence-corrected chi connectivity index (χ1v) is 13.3. The fourth-order valence-corrected chi connectivity index (χ4v) is 4.41. The molecule has 2 aromatic rings. The van der Waals surface area contributed by atoms with Crippen LogP contribution in [0.25, 0.3) is 0 Å². The number of aromatic hydroxyl groups is 2. The number of aldehydes is 2. The molecule has 12 heteroatoms. The first-order valence-electron chi connectivity index (χ1n) is 13.3. The molecular formula is C28H36N2O10. The lowest BCUT2D eigenvalue weighted by molar-refractivity contribution is 0.0434. The van der Waals surface area contributed by atoms with E-state index in [4.69, 9.17) is 28.4 Å². The molecule has 5 rings (SSSR count). The van der Waals surface area contributed by atoms with Crippen LogP contribution in [-0.2, 0) is 18.9 Å². The number of ether oxygens (including phenoxy) is 6. The highest BCUT2D eigenvalue weighted by Gasteiger charge is 2.20. The molecule has 0 unspecified atom stereocenters. The minimum absolute atomic E-state index is 0.0952. The van der Waals surface area contributed by atoms with Crippen LogP contribution in [0.1, 0.15) is 20.7 Å². The number of phenols is 2. The summed E-state index contributed by atoms with van der Waals surface area (Å²) in [7, 11) is 0. The lowest BCUT2D eigenvalue weighted by atomic mass is 10.1. The highest BCUT2D eigenvalue weighted by Crippen LogP contribution is 2.36. The van der Waals surface area contributed by atoms with Crippen molar-refractivity contribution in [3.8, 4) is 23.0 Å². The Kier molecular flexibility index (Phi) is 11.2. The lowest BCUT2D eigenvalue weighted by Gasteiger charge is -2.29. The predicted octanol–water partition coefficient (Wildman–Crippen LogP) is 1.89. The topological polar surface area (TPSA) is 136 Å². The van der Waals surface area contributed by atoms with E-state index in [2.05, 4.69) is 0 Å². The quantitative estimate of drug-likeness (QED) is 0.519. The number of benzene rings is 2. The van der Waals surface area contributed by atoms with Gasteiger partial charge in [0.2, 0.25) is 0 Å². The minimum Gasteiger partial charge on any atom is -0.507 e. The van der Waals surface area contributed by atoms with Crippen LogP contribution < -0.4 is 19.3 Å². The Bertz CT molecular complexity index is 1020. The number of hydrogen-bond acceptors (Lipinski definition) is 12. The van der Waals surface area contributed by atoms with E-state index in [0.29, 0.717) is 114 Å². The zero-order chi connectivity index (χ0) is 28.2. The Labute approximate surface area is 232 Å². The Balaban J connectivity index is 1.71. The second kappa shape index (κ2) is 15.3. The molecule has 0 spiro atoms. The third-order valence-electron chi connectivity index (χ3n) is 6.52. The minimum atomic E-state index is -0.165. The Morgan fingerprint density at radius 2 is 0.875 bits per heavy atom. The van der Waals surface area contributed by atoms with Gasteiger partial charge in [-0.15, -0.1) is 0 Å². The van der Waals surface area contributed by atoms with E-state index in [9.17, 15) is 19.8 Å². The van der Waals surface area contributed by atoms with Crippen molar-refractivity contribution >= 4 is 23.9 Å². The van der Waals surface area contributed by atoms with Gasteiger partial charge in [0.1, 0.15) is 36.2 Å². The van der Waals surface area contributed by atoms with Gasteiger partial charge in [-0.05, 0) is 12.1 Å². The summed E-state index contributed by atoms with van der Waals surface area (Å²) in [6, 6.07) is 5.97. The van der Waals surface area contributed by atoms with E-state index in [0.717, 1.165) is 0 Å². The van der Waals surface area contributed by atoms with Gasteiger partial charge in [0.25, 0.3) is 0 Å². The van der Waals surface area contributed by atoms with Crippen LogP contribution in [0.5, 0.6) is 23.0 Å². The number of hydrogen-bond donors (Lipinski definition) is 2. The molecule has 1 saturated heterocycles. The van der Waals surface area contributed by atoms with Gasteiger partial charge >= 0.3 is 0 Å². The second-order valence-corrected chi connectivity index (χ2v) is 9.11. The van der Waals surface area contributed by atoms with Crippen LogP contribution in [0.4, 0.5) is 11.4 Å². The lowest BCUT2D eigenvalue weighted by Crippen LogP contribution is -2.34. The molecular weight excluding hydrogens is 524 g/mol. The molecule has 218 valence electrons. The van der Waals surface area contributed by atoms with Gasteiger partial charge in [0.15, 0.2) is 12.6 Å². The third kappa shape index (κ3) is 7.98. The van der Waals surface area contributed by atoms with Crippen LogP contribution in [0.2, 0.25) is 0 Å². The molecule has 3 heterocycles. The fourth-order valence-electron chi connectivity index (χ4n) is 4.41. The van der Waals surface area contributed by atoms with Crippen molar-refractivity contribution in [2.75, 3.05) is 102 Å². The van der Waals surface area contributed by atoms with Crippen LogP contribution >= 0.6 is 0 Å². The largest absolute Gasteiger partial charge is 0.507 e. The molecule has 3 aliphatic heterocycles. The summed E-state index contributed by atoms with van der Waals surface area (Å²) in [5.74, 6) is 0.445. The zero-order valence-electron chi connectivity index (χ0n) is 22.4. The number of nitrogens with zero attached hydrogens (tertiary/aromatic N) is 2. The van der Waals surface area contributed by atoms with Crippen molar-refractivity contribution in [1.29, 1.82) is 0 Å². The van der Waals surface area contributed by atoms with Crippen molar-refractivity contribution in [3.63, 3.8) is 0 Å². The van der Waals surface area contributed by atoms with Crippen LogP contribution in [0.3, 0.4) is 0 Å². The zero-order valence-corrected chi connectivity index (χ0v) is 22.4. The van der Waals surface area contributed by atoms with E-state index in [1.54, 1.807) is 0 Å². The van der Waals surface area contributed by atoms with Crippen LogP contribution in [0.15, 0.2) is 24.3 Å². The molecule has 12 nitrogen and oxygen atoms in total. The molecule has 40 heavy (non-hydrogen) atoms. The molecule has 0 aromatic heterocycles. The molecule has 2 bridgehead atoms. The van der Waals surface area contributed by atoms with Gasteiger partial charge < -0.3 is 48.4 Å². The van der Waals surface area contributed by atoms with E-state index in [1.807, 2.05) is 9.80 Å². The first kappa shape index (κ1) is 29.4. The summed E-state index contributed by atoms with van der Waals surface area (Å²) in [5, 5.41) is 20.9. The van der Waals surface area contributed by atoms with Crippen molar-refractivity contribution in [2.45, 2.75) is 0 Å². The van der Waals surface area contributed by atoms with E-state index < -0.39 is 0 Å². The van der Waals surface area contributed by atoms with Gasteiger partial charge in [-0.3, -0.25) is 9.59 Å². The fraction of sp³-hybridized carbons (Fsp3) is 0.500. The molecule has 0 atom stereocenters. The average molecular weight is 561 g/mol. The van der Waals surface area contributed by atoms with E-state index in [-0.39, 0.29) is 35.8 Å². The summed E-state index contributed by atoms with van der Waals surface area (Å²) in [4.78, 5) is 27.0. The Morgan fingerprint density at radius 3 is 1.20 bits per heavy atom. The number of carbonyl (C=O) groups excluding carboxylic acids is 2. The van der Waals surface area contributed by atoms with Gasteiger partial charge in [-0.1, -0.05) is 0 Å². The molecule has 1 fully saturated rings. The number of carbonyl (C=O) groups is 2. The van der Waals surface area contributed by atoms with Crippen molar-refractivity contribution in [3.05, 3.63) is 35.4 Å². The average Bonchev–Trinajstić information content (AvgIpc) is 2.95. The number of fused-ring (bicyclic) bond motifs is 17. The number of rotatable bonds is 2. The molecule has 3 aliphatic rings. The molecule has 2 N–H and O–H groups in total. The van der Waals surface area contributed by atoms with Gasteiger partial charge in [-0.25, -0.2) is 0 Å². The summed E-state index contributed by atoms with van der Waals surface area (Å²) in [6.45, 7) is 5.21. The van der Waals surface area contributed by atoms with Crippen LogP contribution in [0, 0.1) is 0 Å². The Hall–Kier alpha value is -3.58. The molecule has 0 amide bonds. The smallest absolute Gasteiger partial charge is 0.153 e. The monoisotopic (exact) mass is 560 g/mol. The highest BCUT2D eigenvalue weighted by molar-refractivity contribution is 5.83. The van der Waals surface area contributed by atoms with Gasteiger partial charge in [-0.2, -0.15) is 0 Å². The first-order chi connectivity index (χ1) is 19.6. The van der Waals surface area contributed by atoms with E-state index in [1.165, 1.54) is 24.3 Å². The van der Waals surface area contributed by atoms with Gasteiger partial charge in [0.05, 0.1) is 75.4 Å². The normalized spacial score (nSPS) is 18.4. The third-order valence-corrected chi connectivity index (χ3v) is 6.52. The summed E-state index contributed by atoms with van der Waals surface area (Å²) in [6.07, 6.45) is 1.13. The molecule has 0 saturated carbocycles. The number of phenolic OH excluding ortho intramolecular Hbond substituents is 2. The summed E-state index contributed by atoms with van der Waals surface area (Å²) < 4.78 is 35.3. The van der Waals surface area contributed by atoms with Crippen molar-refractivity contribution in [1.82, 2.24) is 0 Å². The second-order valence-electron chi connectivity index (χ2n) is 9.11. The SMILES string of the molecule is O=Cc1cc2c(cc1O)N1CCOCCOCCN(CCOCCOCC1)c1cc(O)c(C=O)cc1OCCO2. The maximum atomic E-state index is 11.5. The summed E-state index contributed by atoms with van der Waals surface area (Å²) in [5.41, 5.74) is 1.34. The predicted molar refractivity (Wildman–Crippen MR) is 146 cm³/mol. The standard InChI is InChI=1S/C28H36N2O10/c31-19-21-15-27-23(17-25(21)33)29-1-5-35-9-10-37-7-3-30(4-8-38-12-11-36-6-2-29)24-18-26(34)22(20-32)16-28(24)40-14-13-39-27/h15-20,33-34H,1-14H2. The van der Waals surface area contributed by atoms with Crippen LogP contribution in [-0.4, -0.2) is 115 Å². The molecule has 2 aromatic carbocycles. The number of anilines is 2.